The zero-order valence-corrected chi connectivity index (χ0v) is 50.7. The Morgan fingerprint density at radius 1 is 0.387 bits per heavy atom. The maximum atomic E-state index is 12.7. The van der Waals surface area contributed by atoms with Gasteiger partial charge in [0.15, 0.2) is 6.10 Å². The van der Waals surface area contributed by atoms with Crippen LogP contribution in [0.1, 0.15) is 348 Å². The summed E-state index contributed by atoms with van der Waals surface area (Å²) in [4.78, 5) is 35.3. The van der Waals surface area contributed by atoms with E-state index in [9.17, 15) is 19.0 Å². The van der Waals surface area contributed by atoms with Gasteiger partial charge in [-0.2, -0.15) is 0 Å². The van der Waals surface area contributed by atoms with Gasteiger partial charge in [0.2, 0.25) is 0 Å². The molecule has 2 atom stereocenters. The molecular formula is C65H126NO8P. The molecule has 0 bridgehead atoms. The third-order valence-electron chi connectivity index (χ3n) is 14.8. The molecule has 0 saturated heterocycles. The Hall–Kier alpha value is -1.51. The lowest BCUT2D eigenvalue weighted by Crippen LogP contribution is -2.29. The highest BCUT2D eigenvalue weighted by Gasteiger charge is 2.26. The molecule has 3 N–H and O–H groups in total. The molecule has 2 unspecified atom stereocenters. The number of phosphoric acid groups is 1. The number of esters is 2. The summed E-state index contributed by atoms with van der Waals surface area (Å²) < 4.78 is 33.1. The Kier molecular flexibility index (Phi) is 60.5. The minimum atomic E-state index is -4.39. The van der Waals surface area contributed by atoms with Crippen LogP contribution in [0, 0.1) is 0 Å². The summed E-state index contributed by atoms with van der Waals surface area (Å²) >= 11 is 0. The van der Waals surface area contributed by atoms with E-state index in [1.807, 2.05) is 0 Å². The summed E-state index contributed by atoms with van der Waals surface area (Å²) in [6.45, 7) is 3.81. The predicted molar refractivity (Wildman–Crippen MR) is 321 cm³/mol. The van der Waals surface area contributed by atoms with Gasteiger partial charge in [-0.05, 0) is 64.2 Å². The van der Waals surface area contributed by atoms with Crippen LogP contribution in [-0.4, -0.2) is 49.3 Å². The first kappa shape index (κ1) is 73.5. The van der Waals surface area contributed by atoms with Crippen LogP contribution in [0.25, 0.3) is 0 Å². The highest BCUT2D eigenvalue weighted by atomic mass is 31.2. The second-order valence-corrected chi connectivity index (χ2v) is 23.8. The van der Waals surface area contributed by atoms with Crippen molar-refractivity contribution >= 4 is 19.8 Å². The molecule has 0 aliphatic heterocycles. The number of unbranched alkanes of at least 4 members (excludes halogenated alkanes) is 46. The van der Waals surface area contributed by atoms with Crippen molar-refractivity contribution in [2.24, 2.45) is 5.73 Å². The van der Waals surface area contributed by atoms with Gasteiger partial charge in [-0.25, -0.2) is 4.57 Å². The molecule has 75 heavy (non-hydrogen) atoms. The maximum Gasteiger partial charge on any atom is 0.472 e. The topological polar surface area (TPSA) is 134 Å². The number of carbonyl (C=O) groups excluding carboxylic acids is 2. The molecule has 444 valence electrons. The molecule has 0 saturated carbocycles. The quantitative estimate of drug-likeness (QED) is 0.0264. The third-order valence-corrected chi connectivity index (χ3v) is 15.8. The Morgan fingerprint density at radius 3 is 0.947 bits per heavy atom. The minimum Gasteiger partial charge on any atom is -0.462 e. The third kappa shape index (κ3) is 61.6. The first-order chi connectivity index (χ1) is 36.8. The molecule has 0 aliphatic carbocycles. The van der Waals surface area contributed by atoms with Gasteiger partial charge in [-0.15, -0.1) is 0 Å². The average molecular weight is 1080 g/mol. The summed E-state index contributed by atoms with van der Waals surface area (Å²) in [7, 11) is -4.39. The molecule has 0 aliphatic rings. The number of rotatable bonds is 63. The van der Waals surface area contributed by atoms with Gasteiger partial charge >= 0.3 is 19.8 Å². The Bertz CT molecular complexity index is 1280. The molecular weight excluding hydrogens is 954 g/mol. The van der Waals surface area contributed by atoms with Gasteiger partial charge < -0.3 is 20.1 Å². The average Bonchev–Trinajstić information content (AvgIpc) is 3.40. The van der Waals surface area contributed by atoms with Crippen molar-refractivity contribution < 1.29 is 37.6 Å². The number of hydrogen-bond donors (Lipinski definition) is 2. The number of hydrogen-bond acceptors (Lipinski definition) is 8. The van der Waals surface area contributed by atoms with E-state index in [0.717, 1.165) is 32.1 Å². The Labute approximate surface area is 465 Å². The van der Waals surface area contributed by atoms with Crippen LogP contribution in [0.5, 0.6) is 0 Å². The minimum absolute atomic E-state index is 0.0562. The van der Waals surface area contributed by atoms with Gasteiger partial charge in [0.1, 0.15) is 6.61 Å². The summed E-state index contributed by atoms with van der Waals surface area (Å²) in [5.41, 5.74) is 5.40. The molecule has 10 heteroatoms. The fraction of sp³-hybridized carbons (Fsp3) is 0.908. The first-order valence-electron chi connectivity index (χ1n) is 32.8. The van der Waals surface area contributed by atoms with E-state index in [-0.39, 0.29) is 38.6 Å². The van der Waals surface area contributed by atoms with Crippen LogP contribution in [0.15, 0.2) is 24.3 Å². The highest BCUT2D eigenvalue weighted by Crippen LogP contribution is 2.43. The van der Waals surface area contributed by atoms with Crippen molar-refractivity contribution in [2.75, 3.05) is 26.4 Å². The van der Waals surface area contributed by atoms with Crippen LogP contribution in [0.4, 0.5) is 0 Å². The summed E-state index contributed by atoms with van der Waals surface area (Å²) in [6.07, 6.45) is 74.0. The molecule has 0 aromatic rings. The maximum absolute atomic E-state index is 12.7. The summed E-state index contributed by atoms with van der Waals surface area (Å²) in [6, 6.07) is 0. The van der Waals surface area contributed by atoms with Crippen molar-refractivity contribution in [1.29, 1.82) is 0 Å². The molecule has 0 rings (SSSR count). The van der Waals surface area contributed by atoms with E-state index < -0.39 is 26.5 Å². The van der Waals surface area contributed by atoms with E-state index in [1.54, 1.807) is 0 Å². The van der Waals surface area contributed by atoms with Gasteiger partial charge in [-0.1, -0.05) is 295 Å². The fourth-order valence-corrected chi connectivity index (χ4v) is 10.7. The molecule has 0 fully saturated rings. The van der Waals surface area contributed by atoms with Crippen molar-refractivity contribution in [1.82, 2.24) is 0 Å². The van der Waals surface area contributed by atoms with Crippen LogP contribution in [0.3, 0.4) is 0 Å². The number of ether oxygens (including phenoxy) is 2. The lowest BCUT2D eigenvalue weighted by atomic mass is 10.0. The second kappa shape index (κ2) is 61.7. The monoisotopic (exact) mass is 1080 g/mol. The molecule has 9 nitrogen and oxygen atoms in total. The van der Waals surface area contributed by atoms with Gasteiger partial charge in [0.05, 0.1) is 13.2 Å². The fourth-order valence-electron chi connectivity index (χ4n) is 9.92. The van der Waals surface area contributed by atoms with E-state index in [1.165, 1.54) is 283 Å². The zero-order chi connectivity index (χ0) is 54.5. The van der Waals surface area contributed by atoms with Crippen LogP contribution >= 0.6 is 7.82 Å². The zero-order valence-electron chi connectivity index (χ0n) is 49.8. The Morgan fingerprint density at radius 2 is 0.653 bits per heavy atom. The number of carbonyl (C=O) groups is 2. The normalized spacial score (nSPS) is 13.1. The van der Waals surface area contributed by atoms with Gasteiger partial charge in [-0.3, -0.25) is 18.6 Å². The van der Waals surface area contributed by atoms with Crippen molar-refractivity contribution in [3.8, 4) is 0 Å². The van der Waals surface area contributed by atoms with E-state index in [4.69, 9.17) is 24.3 Å². The van der Waals surface area contributed by atoms with E-state index in [2.05, 4.69) is 38.2 Å². The molecule has 0 heterocycles. The van der Waals surface area contributed by atoms with Gasteiger partial charge in [0.25, 0.3) is 0 Å². The SMILES string of the molecule is CCCCCCCCCC/C=C\CCCCCCCCCCCCCCCCCCCC(=O)OC(COC(=O)CCCCCCCCCCCCCCC/C=C\CCCCCCCCCC)COP(=O)(O)OCCN. The number of phosphoric ester groups is 1. The van der Waals surface area contributed by atoms with Crippen molar-refractivity contribution in [3.63, 3.8) is 0 Å². The lowest BCUT2D eigenvalue weighted by molar-refractivity contribution is -0.161. The highest BCUT2D eigenvalue weighted by molar-refractivity contribution is 7.47. The molecule has 0 radical (unpaired) electrons. The van der Waals surface area contributed by atoms with Crippen LogP contribution < -0.4 is 5.73 Å². The number of allylic oxidation sites excluding steroid dienone is 4. The van der Waals surface area contributed by atoms with E-state index >= 15 is 0 Å². The van der Waals surface area contributed by atoms with Gasteiger partial charge in [0, 0.05) is 19.4 Å². The smallest absolute Gasteiger partial charge is 0.462 e. The van der Waals surface area contributed by atoms with Crippen LogP contribution in [-0.2, 0) is 32.7 Å². The second-order valence-electron chi connectivity index (χ2n) is 22.3. The summed E-state index contributed by atoms with van der Waals surface area (Å²) in [5, 5.41) is 0. The lowest BCUT2D eigenvalue weighted by Gasteiger charge is -2.19. The van der Waals surface area contributed by atoms with Crippen molar-refractivity contribution in [3.05, 3.63) is 24.3 Å². The molecule has 0 aromatic carbocycles. The van der Waals surface area contributed by atoms with Crippen LogP contribution in [0.2, 0.25) is 0 Å². The molecule has 0 spiro atoms. The molecule has 0 aromatic heterocycles. The predicted octanol–water partition coefficient (Wildman–Crippen LogP) is 21.0. The number of nitrogens with two attached hydrogens (primary N) is 1. The largest absolute Gasteiger partial charge is 0.472 e. The first-order valence-corrected chi connectivity index (χ1v) is 34.3. The molecule has 0 amide bonds. The standard InChI is InChI=1S/C65H126NO8P/c1-3-5-7-9-11-13-15-17-19-21-23-25-27-29-30-31-32-34-36-38-40-42-44-46-48-50-52-54-56-58-65(68)74-63(62-73-75(69,70)72-60-59-66)61-71-64(67)57-55-53-51-49-47-45-43-41-39-37-35-33-28-26-24-22-20-18-16-14-12-10-8-6-4-2/h21-24,63H,3-20,25-62,66H2,1-2H3,(H,69,70)/b23-21-,24-22-. The van der Waals surface area contributed by atoms with Crippen molar-refractivity contribution in [2.45, 2.75) is 354 Å². The van der Waals surface area contributed by atoms with E-state index in [0.29, 0.717) is 6.42 Å². The Balaban J connectivity index is 3.86. The summed E-state index contributed by atoms with van der Waals surface area (Å²) in [5.74, 6) is -0.807.